The molecule has 1 unspecified atom stereocenters. The van der Waals surface area contributed by atoms with Crippen molar-refractivity contribution in [2.45, 2.75) is 37.1 Å². The molecule has 1 aromatic heterocycles. The van der Waals surface area contributed by atoms with Gasteiger partial charge >= 0.3 is 0 Å². The van der Waals surface area contributed by atoms with E-state index in [1.165, 1.54) is 4.88 Å². The Labute approximate surface area is 157 Å². The first-order valence-electron chi connectivity index (χ1n) is 9.24. The zero-order chi connectivity index (χ0) is 17.6. The highest BCUT2D eigenvalue weighted by Crippen LogP contribution is 2.43. The summed E-state index contributed by atoms with van der Waals surface area (Å²) in [4.78, 5) is 16.5. The van der Waals surface area contributed by atoms with Crippen LogP contribution in [0, 0.1) is 0 Å². The molecule has 0 saturated carbocycles. The Hall–Kier alpha value is -1.89. The number of ether oxygens (including phenoxy) is 1. The van der Waals surface area contributed by atoms with E-state index >= 15 is 0 Å². The van der Waals surface area contributed by atoms with Crippen LogP contribution >= 0.6 is 11.3 Å². The van der Waals surface area contributed by atoms with Crippen LogP contribution in [0.25, 0.3) is 0 Å². The summed E-state index contributed by atoms with van der Waals surface area (Å²) < 4.78 is 6.32. The number of anilines is 1. The van der Waals surface area contributed by atoms with Crippen molar-refractivity contribution in [3.05, 3.63) is 52.2 Å². The number of rotatable bonds is 2. The summed E-state index contributed by atoms with van der Waals surface area (Å²) in [6.45, 7) is 3.64. The number of likely N-dealkylation sites (tertiary alicyclic amines) is 1. The van der Waals surface area contributed by atoms with Crippen molar-refractivity contribution in [3.8, 4) is 0 Å². The average molecular weight is 369 g/mol. The molecule has 2 spiro atoms. The molecule has 3 aliphatic heterocycles. The summed E-state index contributed by atoms with van der Waals surface area (Å²) in [5, 5.41) is 8.87. The number of carbonyl (C=O) groups is 1. The smallest absolute Gasteiger partial charge is 0.255 e. The lowest BCUT2D eigenvalue weighted by atomic mass is 9.84. The van der Waals surface area contributed by atoms with Gasteiger partial charge in [-0.05, 0) is 36.4 Å². The second-order valence-electron chi connectivity index (χ2n) is 7.71. The van der Waals surface area contributed by atoms with Crippen molar-refractivity contribution in [3.63, 3.8) is 0 Å². The van der Waals surface area contributed by atoms with Gasteiger partial charge in [-0.25, -0.2) is 0 Å². The molecular formula is C20H23N3O2S. The Morgan fingerprint density at radius 3 is 2.77 bits per heavy atom. The number of thiophene rings is 1. The Balaban J connectivity index is 1.27. The van der Waals surface area contributed by atoms with Crippen LogP contribution in [-0.2, 0) is 11.3 Å². The number of piperidine rings is 1. The van der Waals surface area contributed by atoms with Crippen LogP contribution in [0.1, 0.15) is 34.5 Å². The van der Waals surface area contributed by atoms with Crippen LogP contribution in [0.15, 0.2) is 41.8 Å². The summed E-state index contributed by atoms with van der Waals surface area (Å²) in [5.41, 5.74) is 1.02. The van der Waals surface area contributed by atoms with E-state index in [1.807, 2.05) is 35.6 Å². The van der Waals surface area contributed by atoms with Crippen molar-refractivity contribution in [2.24, 2.45) is 0 Å². The minimum absolute atomic E-state index is 0.00451. The first-order chi connectivity index (χ1) is 12.7. The second-order valence-corrected chi connectivity index (χ2v) is 8.74. The number of carbonyl (C=O) groups excluding carboxylic acids is 1. The second kappa shape index (κ2) is 6.08. The molecule has 0 radical (unpaired) electrons. The highest BCUT2D eigenvalue weighted by molar-refractivity contribution is 7.09. The van der Waals surface area contributed by atoms with E-state index < -0.39 is 5.66 Å². The highest BCUT2D eigenvalue weighted by Gasteiger charge is 2.53. The number of nitrogens with zero attached hydrogens (tertiary/aromatic N) is 1. The molecule has 5 nitrogen and oxygen atoms in total. The minimum Gasteiger partial charge on any atom is -0.370 e. The predicted octanol–water partition coefficient (Wildman–Crippen LogP) is 3.05. The van der Waals surface area contributed by atoms with Gasteiger partial charge in [-0.3, -0.25) is 9.69 Å². The topological polar surface area (TPSA) is 53.6 Å². The van der Waals surface area contributed by atoms with Crippen LogP contribution in [0.2, 0.25) is 0 Å². The van der Waals surface area contributed by atoms with Crippen LogP contribution in [0.3, 0.4) is 0 Å². The standard InChI is InChI=1S/C20H23N3O2S/c24-18-16-5-1-2-6-17(16)21-20(22-18)13-19(25-14-20)7-9-23(10-8-19)12-15-4-3-11-26-15/h1-6,11,21H,7-10,12-14H2,(H,22,24). The molecule has 6 heteroatoms. The molecule has 136 valence electrons. The van der Waals surface area contributed by atoms with Gasteiger partial charge in [0.05, 0.1) is 17.8 Å². The number of benzene rings is 1. The quantitative estimate of drug-likeness (QED) is 0.854. The highest BCUT2D eigenvalue weighted by atomic mass is 32.1. The monoisotopic (exact) mass is 369 g/mol. The molecule has 3 aliphatic rings. The SMILES string of the molecule is O=C1NC2(COC3(CCN(Cc4cccs4)CC3)C2)Nc2ccccc21. The molecular weight excluding hydrogens is 346 g/mol. The van der Waals surface area contributed by atoms with E-state index in [4.69, 9.17) is 4.74 Å². The van der Waals surface area contributed by atoms with Crippen LogP contribution < -0.4 is 10.6 Å². The van der Waals surface area contributed by atoms with Gasteiger partial charge < -0.3 is 15.4 Å². The lowest BCUT2D eigenvalue weighted by Gasteiger charge is -2.41. The molecule has 2 aromatic rings. The zero-order valence-electron chi connectivity index (χ0n) is 14.7. The lowest BCUT2D eigenvalue weighted by Crippen LogP contribution is -2.59. The third kappa shape index (κ3) is 2.82. The number of fused-ring (bicyclic) bond motifs is 1. The van der Waals surface area contributed by atoms with Crippen molar-refractivity contribution >= 4 is 22.9 Å². The van der Waals surface area contributed by atoms with Gasteiger partial charge in [0.15, 0.2) is 0 Å². The summed E-state index contributed by atoms with van der Waals surface area (Å²) in [7, 11) is 0. The Kier molecular flexibility index (Phi) is 3.81. The van der Waals surface area contributed by atoms with Gasteiger partial charge in [-0.15, -0.1) is 11.3 Å². The molecule has 1 amide bonds. The molecule has 0 bridgehead atoms. The first kappa shape index (κ1) is 16.3. The maximum atomic E-state index is 12.5. The Morgan fingerprint density at radius 2 is 1.96 bits per heavy atom. The van der Waals surface area contributed by atoms with Crippen LogP contribution in [0.4, 0.5) is 5.69 Å². The molecule has 2 N–H and O–H groups in total. The van der Waals surface area contributed by atoms with Gasteiger partial charge in [0.2, 0.25) is 0 Å². The van der Waals surface area contributed by atoms with Gasteiger partial charge in [-0.2, -0.15) is 0 Å². The molecule has 0 aliphatic carbocycles. The number of amides is 1. The number of para-hydroxylation sites is 1. The van der Waals surface area contributed by atoms with E-state index in [9.17, 15) is 4.79 Å². The van der Waals surface area contributed by atoms with Gasteiger partial charge in [-0.1, -0.05) is 18.2 Å². The average Bonchev–Trinajstić information content (AvgIpc) is 3.26. The lowest BCUT2D eigenvalue weighted by molar-refractivity contribution is -0.0451. The van der Waals surface area contributed by atoms with Crippen molar-refractivity contribution in [2.75, 3.05) is 25.0 Å². The third-order valence-corrected chi connectivity index (χ3v) is 6.74. The fraction of sp³-hybridized carbons (Fsp3) is 0.450. The van der Waals surface area contributed by atoms with E-state index in [2.05, 4.69) is 33.0 Å². The molecule has 2 fully saturated rings. The maximum absolute atomic E-state index is 12.5. The molecule has 5 rings (SSSR count). The summed E-state index contributed by atoms with van der Waals surface area (Å²) in [5.74, 6) is -0.00451. The van der Waals surface area contributed by atoms with E-state index in [0.29, 0.717) is 12.2 Å². The normalized spacial score (nSPS) is 27.3. The molecule has 2 saturated heterocycles. The molecule has 1 aromatic carbocycles. The van der Waals surface area contributed by atoms with E-state index in [0.717, 1.165) is 44.6 Å². The number of nitrogens with one attached hydrogen (secondary N) is 2. The maximum Gasteiger partial charge on any atom is 0.255 e. The minimum atomic E-state index is -0.471. The van der Waals surface area contributed by atoms with Crippen LogP contribution in [-0.4, -0.2) is 41.8 Å². The fourth-order valence-electron chi connectivity index (χ4n) is 4.52. The van der Waals surface area contributed by atoms with Gasteiger partial charge in [0.1, 0.15) is 5.66 Å². The Bertz CT molecular complexity index is 814. The van der Waals surface area contributed by atoms with Gasteiger partial charge in [0, 0.05) is 36.6 Å². The molecule has 26 heavy (non-hydrogen) atoms. The van der Waals surface area contributed by atoms with Crippen molar-refractivity contribution in [1.82, 2.24) is 10.2 Å². The summed E-state index contributed by atoms with van der Waals surface area (Å²) in [6, 6.07) is 12.0. The molecule has 4 heterocycles. The first-order valence-corrected chi connectivity index (χ1v) is 10.1. The van der Waals surface area contributed by atoms with E-state index in [-0.39, 0.29) is 11.5 Å². The van der Waals surface area contributed by atoms with Crippen molar-refractivity contribution < 1.29 is 9.53 Å². The number of hydrogen-bond acceptors (Lipinski definition) is 5. The predicted molar refractivity (Wildman–Crippen MR) is 102 cm³/mol. The van der Waals surface area contributed by atoms with E-state index in [1.54, 1.807) is 0 Å². The van der Waals surface area contributed by atoms with Crippen LogP contribution in [0.5, 0.6) is 0 Å². The zero-order valence-corrected chi connectivity index (χ0v) is 15.5. The Morgan fingerprint density at radius 1 is 1.12 bits per heavy atom. The van der Waals surface area contributed by atoms with Gasteiger partial charge in [0.25, 0.3) is 5.91 Å². The third-order valence-electron chi connectivity index (χ3n) is 5.87. The fourth-order valence-corrected chi connectivity index (χ4v) is 5.26. The summed E-state index contributed by atoms with van der Waals surface area (Å²) in [6.07, 6.45) is 2.85. The largest absolute Gasteiger partial charge is 0.370 e. The molecule has 1 atom stereocenters. The van der Waals surface area contributed by atoms with Crippen molar-refractivity contribution in [1.29, 1.82) is 0 Å². The summed E-state index contributed by atoms with van der Waals surface area (Å²) >= 11 is 1.82. The number of hydrogen-bond donors (Lipinski definition) is 2.